The van der Waals surface area contributed by atoms with Gasteiger partial charge >= 0.3 is 7.12 Å². The number of rotatable bonds is 5. The lowest BCUT2D eigenvalue weighted by atomic mass is 9.78. The molecule has 1 N–H and O–H groups in total. The van der Waals surface area contributed by atoms with E-state index in [-0.39, 0.29) is 11.7 Å². The van der Waals surface area contributed by atoms with E-state index in [0.29, 0.717) is 13.2 Å². The Morgan fingerprint density at radius 1 is 1.12 bits per heavy atom. The maximum atomic E-state index is 10.7. The summed E-state index contributed by atoms with van der Waals surface area (Å²) in [6, 6.07) is 13.8. The molecular formula is C16H17BN2O5. The number of nitro groups is 1. The van der Waals surface area contributed by atoms with E-state index in [1.807, 2.05) is 24.3 Å². The van der Waals surface area contributed by atoms with Crippen LogP contribution in [0.15, 0.2) is 48.5 Å². The Bertz CT molecular complexity index is 685. The van der Waals surface area contributed by atoms with Crippen LogP contribution in [0.25, 0.3) is 0 Å². The maximum Gasteiger partial charge on any atom is 0.494 e. The highest BCUT2D eigenvalue weighted by Gasteiger charge is 2.29. The molecule has 0 aliphatic carbocycles. The van der Waals surface area contributed by atoms with Gasteiger partial charge in [-0.3, -0.25) is 10.1 Å². The van der Waals surface area contributed by atoms with Gasteiger partial charge in [0.25, 0.3) is 5.69 Å². The number of hydrogen-bond donors (Lipinski definition) is 1. The van der Waals surface area contributed by atoms with Gasteiger partial charge in [0.15, 0.2) is 0 Å². The van der Waals surface area contributed by atoms with Crippen molar-refractivity contribution in [1.29, 1.82) is 0 Å². The smallest absolute Gasteiger partial charge is 0.494 e. The lowest BCUT2D eigenvalue weighted by Crippen LogP contribution is -2.48. The Balaban J connectivity index is 1.53. The Kier molecular flexibility index (Phi) is 4.98. The van der Waals surface area contributed by atoms with E-state index < -0.39 is 12.0 Å². The van der Waals surface area contributed by atoms with Crippen molar-refractivity contribution < 1.29 is 19.0 Å². The predicted molar refractivity (Wildman–Crippen MR) is 90.8 cm³/mol. The second kappa shape index (κ2) is 7.33. The first kappa shape index (κ1) is 16.3. The lowest BCUT2D eigenvalue weighted by molar-refractivity contribution is -0.384. The topological polar surface area (TPSA) is 82.9 Å². The van der Waals surface area contributed by atoms with Crippen LogP contribution < -0.4 is 15.5 Å². The second-order valence-electron chi connectivity index (χ2n) is 5.42. The van der Waals surface area contributed by atoms with Crippen LogP contribution in [-0.2, 0) is 9.31 Å². The fraction of sp³-hybridized carbons (Fsp3) is 0.250. The molecule has 7 nitrogen and oxygen atoms in total. The van der Waals surface area contributed by atoms with Crippen molar-refractivity contribution in [1.82, 2.24) is 0 Å². The minimum atomic E-state index is -0.421. The van der Waals surface area contributed by atoms with Gasteiger partial charge in [-0.1, -0.05) is 12.1 Å². The molecule has 24 heavy (non-hydrogen) atoms. The van der Waals surface area contributed by atoms with Crippen molar-refractivity contribution in [3.8, 4) is 5.75 Å². The van der Waals surface area contributed by atoms with E-state index in [2.05, 4.69) is 5.32 Å². The number of benzene rings is 2. The highest BCUT2D eigenvalue weighted by atomic mass is 16.6. The van der Waals surface area contributed by atoms with Gasteiger partial charge in [0.05, 0.1) is 31.3 Å². The van der Waals surface area contributed by atoms with Gasteiger partial charge < -0.3 is 19.4 Å². The van der Waals surface area contributed by atoms with E-state index >= 15 is 0 Å². The highest BCUT2D eigenvalue weighted by molar-refractivity contribution is 6.61. The van der Waals surface area contributed by atoms with Crippen LogP contribution in [0, 0.1) is 10.1 Å². The third-order valence-electron chi connectivity index (χ3n) is 3.73. The molecule has 3 rings (SSSR count). The van der Waals surface area contributed by atoms with Crippen LogP contribution in [-0.4, -0.2) is 38.4 Å². The monoisotopic (exact) mass is 328 g/mol. The normalized spacial score (nSPS) is 15.1. The minimum absolute atomic E-state index is 0.0130. The number of ether oxygens (including phenoxy) is 1. The molecule has 124 valence electrons. The molecule has 1 aliphatic rings. The summed E-state index contributed by atoms with van der Waals surface area (Å²) >= 11 is 0. The SMILES string of the molecule is COc1ccc(B2OCC(Nc3ccc([N+](=O)[O-])cc3)CO2)cc1. The van der Waals surface area contributed by atoms with Gasteiger partial charge in [0.2, 0.25) is 0 Å². The average molecular weight is 328 g/mol. The summed E-state index contributed by atoms with van der Waals surface area (Å²) in [5.41, 5.74) is 1.79. The van der Waals surface area contributed by atoms with Crippen LogP contribution >= 0.6 is 0 Å². The van der Waals surface area contributed by atoms with Crippen molar-refractivity contribution in [3.63, 3.8) is 0 Å². The molecule has 1 fully saturated rings. The number of methoxy groups -OCH3 is 1. The van der Waals surface area contributed by atoms with Crippen molar-refractivity contribution in [2.45, 2.75) is 6.04 Å². The van der Waals surface area contributed by atoms with Crippen molar-refractivity contribution >= 4 is 24.0 Å². The first-order valence-corrected chi connectivity index (χ1v) is 7.54. The van der Waals surface area contributed by atoms with Gasteiger partial charge in [-0.2, -0.15) is 0 Å². The van der Waals surface area contributed by atoms with Crippen LogP contribution in [0.3, 0.4) is 0 Å². The number of non-ortho nitro benzene ring substituents is 1. The van der Waals surface area contributed by atoms with E-state index in [1.54, 1.807) is 19.2 Å². The summed E-state index contributed by atoms with van der Waals surface area (Å²) in [6.45, 7) is 0.960. The van der Waals surface area contributed by atoms with Gasteiger partial charge in [0.1, 0.15) is 5.75 Å². The first-order chi connectivity index (χ1) is 11.7. The number of anilines is 1. The largest absolute Gasteiger partial charge is 0.497 e. The summed E-state index contributed by atoms with van der Waals surface area (Å²) in [4.78, 5) is 10.2. The fourth-order valence-corrected chi connectivity index (χ4v) is 2.46. The molecule has 1 aliphatic heterocycles. The molecule has 8 heteroatoms. The van der Waals surface area contributed by atoms with Crippen LogP contribution in [0.4, 0.5) is 11.4 Å². The van der Waals surface area contributed by atoms with E-state index in [0.717, 1.165) is 16.9 Å². The molecule has 0 aromatic heterocycles. The Morgan fingerprint density at radius 2 is 1.75 bits per heavy atom. The number of hydrogen-bond acceptors (Lipinski definition) is 6. The van der Waals surface area contributed by atoms with E-state index in [1.165, 1.54) is 12.1 Å². The predicted octanol–water partition coefficient (Wildman–Crippen LogP) is 1.83. The quantitative estimate of drug-likeness (QED) is 0.512. The molecule has 0 saturated carbocycles. The standard InChI is InChI=1S/C16H17BN2O5/c1-22-16-8-2-12(3-9-16)17-23-10-14(11-24-17)18-13-4-6-15(7-5-13)19(20)21/h2-9,14,18H,10-11H2,1H3. The van der Waals surface area contributed by atoms with Gasteiger partial charge in [-0.05, 0) is 29.7 Å². The van der Waals surface area contributed by atoms with Crippen LogP contribution in [0.2, 0.25) is 0 Å². The average Bonchev–Trinajstić information content (AvgIpc) is 2.63. The zero-order valence-corrected chi connectivity index (χ0v) is 13.2. The molecule has 1 saturated heterocycles. The molecule has 0 unspecified atom stereocenters. The van der Waals surface area contributed by atoms with Crippen LogP contribution in [0.1, 0.15) is 0 Å². The summed E-state index contributed by atoms with van der Waals surface area (Å²) in [7, 11) is 1.22. The molecule has 0 bridgehead atoms. The molecule has 1 heterocycles. The van der Waals surface area contributed by atoms with Crippen molar-refractivity contribution in [2.24, 2.45) is 0 Å². The fourth-order valence-electron chi connectivity index (χ4n) is 2.46. The second-order valence-corrected chi connectivity index (χ2v) is 5.42. The minimum Gasteiger partial charge on any atom is -0.497 e. The third-order valence-corrected chi connectivity index (χ3v) is 3.73. The van der Waals surface area contributed by atoms with Gasteiger partial charge in [-0.25, -0.2) is 0 Å². The molecule has 0 radical (unpaired) electrons. The molecule has 0 spiro atoms. The summed E-state index contributed by atoms with van der Waals surface area (Å²) in [5, 5.41) is 13.9. The zero-order valence-electron chi connectivity index (χ0n) is 13.2. The summed E-state index contributed by atoms with van der Waals surface area (Å²) in [5.74, 6) is 0.785. The Hall–Kier alpha value is -2.58. The van der Waals surface area contributed by atoms with E-state index in [9.17, 15) is 10.1 Å². The molecular weight excluding hydrogens is 311 g/mol. The number of nitro benzene ring substituents is 1. The van der Waals surface area contributed by atoms with Gasteiger partial charge in [-0.15, -0.1) is 0 Å². The molecule has 0 amide bonds. The zero-order chi connectivity index (χ0) is 16.9. The number of nitrogens with one attached hydrogen (secondary N) is 1. The van der Waals surface area contributed by atoms with Crippen molar-refractivity contribution in [3.05, 3.63) is 58.6 Å². The summed E-state index contributed by atoms with van der Waals surface area (Å²) in [6.07, 6.45) is 0. The number of nitrogens with zero attached hydrogens (tertiary/aromatic N) is 1. The lowest BCUT2D eigenvalue weighted by Gasteiger charge is -2.28. The Morgan fingerprint density at radius 3 is 2.29 bits per heavy atom. The van der Waals surface area contributed by atoms with Crippen LogP contribution in [0.5, 0.6) is 5.75 Å². The van der Waals surface area contributed by atoms with E-state index in [4.69, 9.17) is 14.0 Å². The van der Waals surface area contributed by atoms with Crippen molar-refractivity contribution in [2.75, 3.05) is 25.6 Å². The van der Waals surface area contributed by atoms with Gasteiger partial charge in [0, 0.05) is 17.8 Å². The highest BCUT2D eigenvalue weighted by Crippen LogP contribution is 2.17. The Labute approximate surface area is 139 Å². The maximum absolute atomic E-state index is 10.7. The molecule has 2 aromatic carbocycles. The molecule has 2 aromatic rings. The summed E-state index contributed by atoms with van der Waals surface area (Å²) < 4.78 is 16.6. The first-order valence-electron chi connectivity index (χ1n) is 7.54. The third kappa shape index (κ3) is 3.84. The molecule has 0 atom stereocenters.